The van der Waals surface area contributed by atoms with Gasteiger partial charge in [-0.2, -0.15) is 0 Å². The molecule has 5 nitrogen and oxygen atoms in total. The highest BCUT2D eigenvalue weighted by Gasteiger charge is 2.23. The smallest absolute Gasteiger partial charge is 0.132 e. The van der Waals surface area contributed by atoms with E-state index in [2.05, 4.69) is 28.4 Å². The predicted molar refractivity (Wildman–Crippen MR) is 71.1 cm³/mol. The molecule has 2 aromatic heterocycles. The number of aromatic nitrogens is 3. The molecule has 0 fully saturated rings. The fourth-order valence-corrected chi connectivity index (χ4v) is 2.03. The summed E-state index contributed by atoms with van der Waals surface area (Å²) in [5, 5.41) is 0. The molecular formula is C13H18N4O. The number of ether oxygens (including phenoxy) is 1. The minimum atomic E-state index is -0.192. The number of hydrogen-bond donors (Lipinski definition) is 1. The van der Waals surface area contributed by atoms with Crippen molar-refractivity contribution in [1.82, 2.24) is 14.5 Å². The molecule has 0 bridgehead atoms. The van der Waals surface area contributed by atoms with E-state index in [1.807, 2.05) is 12.1 Å². The molecule has 18 heavy (non-hydrogen) atoms. The molecule has 2 heterocycles. The van der Waals surface area contributed by atoms with Crippen LogP contribution in [0.5, 0.6) is 0 Å². The lowest BCUT2D eigenvalue weighted by atomic mass is 10.1. The minimum absolute atomic E-state index is 0.192. The zero-order valence-corrected chi connectivity index (χ0v) is 10.9. The number of methoxy groups -OCH3 is 1. The molecule has 0 saturated heterocycles. The molecule has 0 saturated carbocycles. The molecule has 0 aliphatic heterocycles. The summed E-state index contributed by atoms with van der Waals surface area (Å²) >= 11 is 0. The highest BCUT2D eigenvalue weighted by Crippen LogP contribution is 2.28. The van der Waals surface area contributed by atoms with E-state index in [9.17, 15) is 0 Å². The van der Waals surface area contributed by atoms with Gasteiger partial charge < -0.3 is 15.0 Å². The van der Waals surface area contributed by atoms with Crippen molar-refractivity contribution in [1.29, 1.82) is 0 Å². The molecule has 2 aromatic rings. The van der Waals surface area contributed by atoms with Gasteiger partial charge in [-0.05, 0) is 26.0 Å². The molecule has 0 aliphatic rings. The molecule has 2 rings (SSSR count). The van der Waals surface area contributed by atoms with Crippen LogP contribution in [0, 0.1) is 0 Å². The highest BCUT2D eigenvalue weighted by atomic mass is 16.5. The van der Waals surface area contributed by atoms with Gasteiger partial charge in [0.1, 0.15) is 5.82 Å². The SMILES string of the molecule is COCC(C)(C)n1cncc1-c1cccnc1N. The first-order chi connectivity index (χ1) is 8.56. The fourth-order valence-electron chi connectivity index (χ4n) is 2.03. The van der Waals surface area contributed by atoms with Crippen LogP contribution in [0.25, 0.3) is 11.3 Å². The zero-order valence-electron chi connectivity index (χ0n) is 10.9. The third kappa shape index (κ3) is 2.22. The summed E-state index contributed by atoms with van der Waals surface area (Å²) in [6.07, 6.45) is 5.27. The van der Waals surface area contributed by atoms with E-state index in [0.29, 0.717) is 12.4 Å². The standard InChI is InChI=1S/C13H18N4O/c1-13(2,8-18-3)17-9-15-7-11(17)10-5-4-6-16-12(10)14/h4-7,9H,8H2,1-3H3,(H2,14,16). The molecule has 0 radical (unpaired) electrons. The second kappa shape index (κ2) is 4.78. The summed E-state index contributed by atoms with van der Waals surface area (Å²) in [6.45, 7) is 4.78. The molecule has 0 aromatic carbocycles. The van der Waals surface area contributed by atoms with E-state index in [0.717, 1.165) is 11.3 Å². The Morgan fingerprint density at radius 3 is 2.89 bits per heavy atom. The van der Waals surface area contributed by atoms with Gasteiger partial charge in [0.05, 0.1) is 30.4 Å². The number of nitrogens with zero attached hydrogens (tertiary/aromatic N) is 3. The van der Waals surface area contributed by atoms with E-state index in [1.54, 1.807) is 25.8 Å². The van der Waals surface area contributed by atoms with Crippen molar-refractivity contribution in [2.75, 3.05) is 19.5 Å². The Kier molecular flexibility index (Phi) is 3.34. The third-order valence-electron chi connectivity index (χ3n) is 2.90. The molecule has 0 amide bonds. The first-order valence-electron chi connectivity index (χ1n) is 5.79. The molecule has 96 valence electrons. The van der Waals surface area contributed by atoms with Gasteiger partial charge in [-0.3, -0.25) is 0 Å². The Labute approximate surface area is 107 Å². The largest absolute Gasteiger partial charge is 0.383 e. The van der Waals surface area contributed by atoms with Crippen LogP contribution < -0.4 is 5.73 Å². The lowest BCUT2D eigenvalue weighted by Gasteiger charge is -2.28. The maximum atomic E-state index is 5.91. The fraction of sp³-hybridized carbons (Fsp3) is 0.385. The monoisotopic (exact) mass is 246 g/mol. The first kappa shape index (κ1) is 12.6. The summed E-state index contributed by atoms with van der Waals surface area (Å²) in [5.74, 6) is 0.507. The van der Waals surface area contributed by atoms with Crippen LogP contribution in [0.4, 0.5) is 5.82 Å². The summed E-state index contributed by atoms with van der Waals surface area (Å²) < 4.78 is 7.32. The van der Waals surface area contributed by atoms with Gasteiger partial charge in [-0.25, -0.2) is 9.97 Å². The Morgan fingerprint density at radius 2 is 2.22 bits per heavy atom. The van der Waals surface area contributed by atoms with Crippen LogP contribution in [0.1, 0.15) is 13.8 Å². The topological polar surface area (TPSA) is 66.0 Å². The lowest BCUT2D eigenvalue weighted by Crippen LogP contribution is -2.31. The zero-order chi connectivity index (χ0) is 13.2. The molecule has 0 aliphatic carbocycles. The number of nitrogen functional groups attached to an aromatic ring is 1. The number of anilines is 1. The predicted octanol–water partition coefficient (Wildman–Crippen LogP) is 1.91. The Hall–Kier alpha value is -1.88. The lowest BCUT2D eigenvalue weighted by molar-refractivity contribution is 0.110. The maximum absolute atomic E-state index is 5.91. The average molecular weight is 246 g/mol. The van der Waals surface area contributed by atoms with Gasteiger partial charge in [0.25, 0.3) is 0 Å². The molecular weight excluding hydrogens is 228 g/mol. The molecule has 2 N–H and O–H groups in total. The van der Waals surface area contributed by atoms with Crippen molar-refractivity contribution in [3.8, 4) is 11.3 Å². The van der Waals surface area contributed by atoms with Crippen LogP contribution in [-0.4, -0.2) is 28.3 Å². The second-order valence-corrected chi connectivity index (χ2v) is 4.83. The third-order valence-corrected chi connectivity index (χ3v) is 2.90. The second-order valence-electron chi connectivity index (χ2n) is 4.83. The van der Waals surface area contributed by atoms with Crippen molar-refractivity contribution in [3.63, 3.8) is 0 Å². The Bertz CT molecular complexity index is 533. The normalized spacial score (nSPS) is 11.7. The van der Waals surface area contributed by atoms with E-state index < -0.39 is 0 Å². The number of nitrogens with two attached hydrogens (primary N) is 1. The van der Waals surface area contributed by atoms with Gasteiger partial charge in [0, 0.05) is 18.9 Å². The average Bonchev–Trinajstić information content (AvgIpc) is 2.79. The highest BCUT2D eigenvalue weighted by molar-refractivity contribution is 5.70. The summed E-state index contributed by atoms with van der Waals surface area (Å²) in [7, 11) is 1.69. The van der Waals surface area contributed by atoms with Crippen molar-refractivity contribution in [3.05, 3.63) is 30.9 Å². The molecule has 0 unspecified atom stereocenters. The van der Waals surface area contributed by atoms with Crippen molar-refractivity contribution in [2.24, 2.45) is 0 Å². The van der Waals surface area contributed by atoms with Crippen molar-refractivity contribution in [2.45, 2.75) is 19.4 Å². The van der Waals surface area contributed by atoms with Gasteiger partial charge >= 0.3 is 0 Å². The minimum Gasteiger partial charge on any atom is -0.383 e. The molecule has 5 heteroatoms. The number of pyridine rings is 1. The number of imidazole rings is 1. The van der Waals surface area contributed by atoms with E-state index in [4.69, 9.17) is 10.5 Å². The van der Waals surface area contributed by atoms with E-state index in [1.165, 1.54) is 0 Å². The van der Waals surface area contributed by atoms with Crippen LogP contribution in [-0.2, 0) is 10.3 Å². The molecule has 0 atom stereocenters. The Morgan fingerprint density at radius 1 is 1.44 bits per heavy atom. The van der Waals surface area contributed by atoms with Gasteiger partial charge in [-0.15, -0.1) is 0 Å². The number of hydrogen-bond acceptors (Lipinski definition) is 4. The van der Waals surface area contributed by atoms with E-state index in [-0.39, 0.29) is 5.54 Å². The Balaban J connectivity index is 2.49. The van der Waals surface area contributed by atoms with Gasteiger partial charge in [0.15, 0.2) is 0 Å². The summed E-state index contributed by atoms with van der Waals surface area (Å²) in [4.78, 5) is 8.32. The quantitative estimate of drug-likeness (QED) is 0.895. The van der Waals surface area contributed by atoms with Crippen molar-refractivity contribution >= 4 is 5.82 Å². The maximum Gasteiger partial charge on any atom is 0.132 e. The van der Waals surface area contributed by atoms with Crippen molar-refractivity contribution < 1.29 is 4.74 Å². The van der Waals surface area contributed by atoms with Gasteiger partial charge in [-0.1, -0.05) is 0 Å². The first-order valence-corrected chi connectivity index (χ1v) is 5.79. The van der Waals surface area contributed by atoms with Crippen LogP contribution in [0.15, 0.2) is 30.9 Å². The summed E-state index contributed by atoms with van der Waals surface area (Å²) in [5.41, 5.74) is 7.56. The van der Waals surface area contributed by atoms with Gasteiger partial charge in [0.2, 0.25) is 0 Å². The van der Waals surface area contributed by atoms with E-state index >= 15 is 0 Å². The summed E-state index contributed by atoms with van der Waals surface area (Å²) in [6, 6.07) is 3.81. The van der Waals surface area contributed by atoms with Crippen LogP contribution in [0.2, 0.25) is 0 Å². The molecule has 0 spiro atoms. The number of rotatable bonds is 4. The van der Waals surface area contributed by atoms with Crippen LogP contribution >= 0.6 is 0 Å². The van der Waals surface area contributed by atoms with Crippen LogP contribution in [0.3, 0.4) is 0 Å².